The molecule has 0 aromatic carbocycles. The Kier molecular flexibility index (Phi) is 4.18. The third-order valence-corrected chi connectivity index (χ3v) is 3.56. The van der Waals surface area contributed by atoms with E-state index < -0.39 is 0 Å². The van der Waals surface area contributed by atoms with Gasteiger partial charge < -0.3 is 10.1 Å². The summed E-state index contributed by atoms with van der Waals surface area (Å²) in [5.74, 6) is 0.831. The number of nitrogens with one attached hydrogen (secondary N) is 1. The van der Waals surface area contributed by atoms with Gasteiger partial charge in [-0.05, 0) is 38.1 Å². The SMILES string of the molecule is COC(=O)CN1CCC(NCC2CC2)CC1. The second-order valence-electron chi connectivity index (χ2n) is 4.98. The third kappa shape index (κ3) is 3.76. The molecule has 4 nitrogen and oxygen atoms in total. The van der Waals surface area contributed by atoms with Crippen LogP contribution in [0.1, 0.15) is 25.7 Å². The summed E-state index contributed by atoms with van der Waals surface area (Å²) in [6, 6.07) is 0.662. The van der Waals surface area contributed by atoms with E-state index in [9.17, 15) is 4.79 Å². The van der Waals surface area contributed by atoms with Crippen LogP contribution in [-0.4, -0.2) is 50.2 Å². The number of piperidine rings is 1. The van der Waals surface area contributed by atoms with E-state index in [1.807, 2.05) is 0 Å². The maximum absolute atomic E-state index is 11.1. The number of rotatable bonds is 5. The van der Waals surface area contributed by atoms with Crippen LogP contribution >= 0.6 is 0 Å². The molecule has 1 heterocycles. The molecule has 2 aliphatic rings. The summed E-state index contributed by atoms with van der Waals surface area (Å²) in [5, 5.41) is 3.63. The number of methoxy groups -OCH3 is 1. The van der Waals surface area contributed by atoms with E-state index in [1.54, 1.807) is 0 Å². The first-order valence-electron chi connectivity index (χ1n) is 6.30. The Morgan fingerprint density at radius 1 is 1.31 bits per heavy atom. The minimum absolute atomic E-state index is 0.121. The lowest BCUT2D eigenvalue weighted by Crippen LogP contribution is -2.44. The fraction of sp³-hybridized carbons (Fsp3) is 0.917. The molecule has 0 amide bonds. The molecule has 16 heavy (non-hydrogen) atoms. The maximum atomic E-state index is 11.1. The van der Waals surface area contributed by atoms with Crippen LogP contribution < -0.4 is 5.32 Å². The van der Waals surface area contributed by atoms with E-state index in [2.05, 4.69) is 15.0 Å². The second-order valence-corrected chi connectivity index (χ2v) is 4.98. The Morgan fingerprint density at radius 3 is 2.56 bits per heavy atom. The monoisotopic (exact) mass is 226 g/mol. The van der Waals surface area contributed by atoms with Crippen molar-refractivity contribution in [2.24, 2.45) is 5.92 Å². The molecule has 1 aliphatic carbocycles. The molecule has 2 rings (SSSR count). The highest BCUT2D eigenvalue weighted by molar-refractivity contribution is 5.71. The Bertz CT molecular complexity index is 233. The normalized spacial score (nSPS) is 23.3. The van der Waals surface area contributed by atoms with Gasteiger partial charge in [-0.2, -0.15) is 0 Å². The van der Waals surface area contributed by atoms with Gasteiger partial charge in [-0.1, -0.05) is 0 Å². The Labute approximate surface area is 97.3 Å². The number of carbonyl (C=O) groups excluding carboxylic acids is 1. The van der Waals surface area contributed by atoms with E-state index in [0.29, 0.717) is 12.6 Å². The molecule has 1 N–H and O–H groups in total. The molecule has 0 aromatic heterocycles. The minimum Gasteiger partial charge on any atom is -0.468 e. The quantitative estimate of drug-likeness (QED) is 0.698. The molecule has 1 saturated heterocycles. The predicted molar refractivity (Wildman–Crippen MR) is 62.2 cm³/mol. The van der Waals surface area contributed by atoms with Gasteiger partial charge in [0.05, 0.1) is 13.7 Å². The summed E-state index contributed by atoms with van der Waals surface area (Å²) in [6.07, 6.45) is 5.13. The summed E-state index contributed by atoms with van der Waals surface area (Å²) in [7, 11) is 1.45. The van der Waals surface area contributed by atoms with Crippen LogP contribution in [0.15, 0.2) is 0 Å². The molecule has 0 bridgehead atoms. The molecule has 4 heteroatoms. The molecular weight excluding hydrogens is 204 g/mol. The summed E-state index contributed by atoms with van der Waals surface area (Å²) in [6.45, 7) is 3.67. The van der Waals surface area contributed by atoms with Crippen LogP contribution in [0.3, 0.4) is 0 Å². The van der Waals surface area contributed by atoms with Gasteiger partial charge in [0.25, 0.3) is 0 Å². The Morgan fingerprint density at radius 2 is 2.00 bits per heavy atom. The highest BCUT2D eigenvalue weighted by Gasteiger charge is 2.24. The number of hydrogen-bond acceptors (Lipinski definition) is 4. The fourth-order valence-electron chi connectivity index (χ4n) is 2.20. The van der Waals surface area contributed by atoms with Gasteiger partial charge in [0, 0.05) is 19.1 Å². The molecule has 92 valence electrons. The van der Waals surface area contributed by atoms with Crippen molar-refractivity contribution in [2.75, 3.05) is 33.3 Å². The minimum atomic E-state index is -0.121. The zero-order chi connectivity index (χ0) is 11.4. The standard InChI is InChI=1S/C12H22N2O2/c1-16-12(15)9-14-6-4-11(5-7-14)13-8-10-2-3-10/h10-11,13H,2-9H2,1H3. The van der Waals surface area contributed by atoms with Crippen molar-refractivity contribution in [1.82, 2.24) is 10.2 Å². The number of likely N-dealkylation sites (tertiary alicyclic amines) is 1. The fourth-order valence-corrected chi connectivity index (χ4v) is 2.20. The van der Waals surface area contributed by atoms with Crippen LogP contribution in [-0.2, 0) is 9.53 Å². The van der Waals surface area contributed by atoms with E-state index in [1.165, 1.54) is 26.5 Å². The number of ether oxygens (including phenoxy) is 1. The summed E-state index contributed by atoms with van der Waals surface area (Å²) in [4.78, 5) is 13.3. The highest BCUT2D eigenvalue weighted by atomic mass is 16.5. The number of esters is 1. The van der Waals surface area contributed by atoms with Crippen LogP contribution in [0.4, 0.5) is 0 Å². The van der Waals surface area contributed by atoms with Crippen molar-refractivity contribution in [3.63, 3.8) is 0 Å². The van der Waals surface area contributed by atoms with Crippen molar-refractivity contribution in [2.45, 2.75) is 31.7 Å². The topological polar surface area (TPSA) is 41.6 Å². The van der Waals surface area contributed by atoms with E-state index >= 15 is 0 Å². The summed E-state index contributed by atoms with van der Waals surface area (Å²) in [5.41, 5.74) is 0. The molecular formula is C12H22N2O2. The Hall–Kier alpha value is -0.610. The third-order valence-electron chi connectivity index (χ3n) is 3.56. The van der Waals surface area contributed by atoms with Crippen molar-refractivity contribution >= 4 is 5.97 Å². The first-order chi connectivity index (χ1) is 7.78. The van der Waals surface area contributed by atoms with E-state index in [4.69, 9.17) is 0 Å². The largest absolute Gasteiger partial charge is 0.468 e. The van der Waals surface area contributed by atoms with Gasteiger partial charge in [0.2, 0.25) is 0 Å². The van der Waals surface area contributed by atoms with Crippen LogP contribution in [0, 0.1) is 5.92 Å². The van der Waals surface area contributed by atoms with E-state index in [0.717, 1.165) is 31.8 Å². The molecule has 0 aromatic rings. The zero-order valence-corrected chi connectivity index (χ0v) is 10.1. The average Bonchev–Trinajstić information content (AvgIpc) is 3.12. The molecule has 1 aliphatic heterocycles. The van der Waals surface area contributed by atoms with Crippen LogP contribution in [0.5, 0.6) is 0 Å². The van der Waals surface area contributed by atoms with Gasteiger partial charge in [-0.25, -0.2) is 0 Å². The van der Waals surface area contributed by atoms with Crippen molar-refractivity contribution < 1.29 is 9.53 Å². The first kappa shape index (κ1) is 11.9. The highest BCUT2D eigenvalue weighted by Crippen LogP contribution is 2.28. The molecule has 1 saturated carbocycles. The Balaban J connectivity index is 1.59. The average molecular weight is 226 g/mol. The summed E-state index contributed by atoms with van der Waals surface area (Å²) >= 11 is 0. The van der Waals surface area contributed by atoms with Crippen molar-refractivity contribution in [3.8, 4) is 0 Å². The van der Waals surface area contributed by atoms with E-state index in [-0.39, 0.29) is 5.97 Å². The lowest BCUT2D eigenvalue weighted by molar-refractivity contribution is -0.142. The lowest BCUT2D eigenvalue weighted by Gasteiger charge is -2.31. The lowest BCUT2D eigenvalue weighted by atomic mass is 10.0. The first-order valence-corrected chi connectivity index (χ1v) is 6.30. The van der Waals surface area contributed by atoms with Crippen LogP contribution in [0.25, 0.3) is 0 Å². The van der Waals surface area contributed by atoms with Crippen molar-refractivity contribution in [1.29, 1.82) is 0 Å². The molecule has 2 fully saturated rings. The molecule has 0 spiro atoms. The maximum Gasteiger partial charge on any atom is 0.319 e. The number of carbonyl (C=O) groups is 1. The van der Waals surface area contributed by atoms with Gasteiger partial charge in [-0.15, -0.1) is 0 Å². The smallest absolute Gasteiger partial charge is 0.319 e. The van der Waals surface area contributed by atoms with Gasteiger partial charge in [0.1, 0.15) is 0 Å². The van der Waals surface area contributed by atoms with Gasteiger partial charge in [-0.3, -0.25) is 9.69 Å². The zero-order valence-electron chi connectivity index (χ0n) is 10.1. The second kappa shape index (κ2) is 5.64. The molecule has 0 radical (unpaired) electrons. The van der Waals surface area contributed by atoms with Gasteiger partial charge in [0.15, 0.2) is 0 Å². The molecule has 0 atom stereocenters. The summed E-state index contributed by atoms with van der Waals surface area (Å²) < 4.78 is 4.67. The molecule has 0 unspecified atom stereocenters. The number of hydrogen-bond donors (Lipinski definition) is 1. The van der Waals surface area contributed by atoms with Gasteiger partial charge >= 0.3 is 5.97 Å². The number of nitrogens with zero attached hydrogens (tertiary/aromatic N) is 1. The van der Waals surface area contributed by atoms with Crippen molar-refractivity contribution in [3.05, 3.63) is 0 Å². The van der Waals surface area contributed by atoms with Crippen LogP contribution in [0.2, 0.25) is 0 Å². The predicted octanol–water partition coefficient (Wildman–Crippen LogP) is 0.623.